The van der Waals surface area contributed by atoms with Crippen molar-refractivity contribution in [2.45, 2.75) is 13.2 Å². The number of methoxy groups -OCH3 is 1. The number of aromatic nitrogens is 3. The van der Waals surface area contributed by atoms with Gasteiger partial charge in [0.05, 0.1) is 18.1 Å². The lowest BCUT2D eigenvalue weighted by Gasteiger charge is -2.16. The molecule has 0 fully saturated rings. The Morgan fingerprint density at radius 1 is 1.09 bits per heavy atom. The molecule has 1 heterocycles. The van der Waals surface area contributed by atoms with Crippen LogP contribution in [0, 0.1) is 4.77 Å². The first-order chi connectivity index (χ1) is 15.5. The molecule has 4 aromatic rings. The highest BCUT2D eigenvalue weighted by molar-refractivity contribution is 9.10. The Morgan fingerprint density at radius 3 is 2.56 bits per heavy atom. The number of nitrogens with zero attached hydrogens (tertiary/aromatic N) is 2. The van der Waals surface area contributed by atoms with Crippen LogP contribution in [0.15, 0.2) is 71.2 Å². The summed E-state index contributed by atoms with van der Waals surface area (Å²) in [6.07, 6.45) is 0. The molecule has 0 spiro atoms. The molecule has 32 heavy (non-hydrogen) atoms. The molecule has 0 unspecified atom stereocenters. The largest absolute Gasteiger partial charge is 0.493 e. The second-order valence-electron chi connectivity index (χ2n) is 6.91. The van der Waals surface area contributed by atoms with E-state index in [2.05, 4.69) is 31.6 Å². The Kier molecular flexibility index (Phi) is 7.14. The molecule has 3 aromatic carbocycles. The molecule has 0 aliphatic carbocycles. The molecule has 6 nitrogen and oxygen atoms in total. The third kappa shape index (κ3) is 5.15. The first-order valence-corrected chi connectivity index (χ1v) is 11.3. The standard InChI is InChI=1S/C23H20BrClN4O2S/c1-30-20-12-16(11-19(24)21(20)31-14-15-7-9-18(25)10-8-15)13-26-29-22(27-28-23(29)32)17-5-3-2-4-6-17/h2-12,26H,13-14H2,1H3,(H,28,32). The fourth-order valence-corrected chi connectivity index (χ4v) is 4.07. The van der Waals surface area contributed by atoms with Crippen LogP contribution in [-0.2, 0) is 13.2 Å². The van der Waals surface area contributed by atoms with E-state index in [1.54, 1.807) is 11.8 Å². The highest BCUT2D eigenvalue weighted by atomic mass is 79.9. The maximum Gasteiger partial charge on any atom is 0.214 e. The minimum atomic E-state index is 0.397. The van der Waals surface area contributed by atoms with Crippen molar-refractivity contribution < 1.29 is 9.47 Å². The molecule has 0 saturated heterocycles. The predicted molar refractivity (Wildman–Crippen MR) is 132 cm³/mol. The van der Waals surface area contributed by atoms with Crippen molar-refractivity contribution in [3.05, 3.63) is 92.1 Å². The Balaban J connectivity index is 1.51. The lowest BCUT2D eigenvalue weighted by atomic mass is 10.2. The summed E-state index contributed by atoms with van der Waals surface area (Å²) in [5, 5.41) is 7.88. The summed E-state index contributed by atoms with van der Waals surface area (Å²) in [7, 11) is 1.62. The van der Waals surface area contributed by atoms with E-state index in [1.165, 1.54) is 0 Å². The SMILES string of the molecule is COc1cc(CNn2c(-c3ccccc3)n[nH]c2=S)cc(Br)c1OCc1ccc(Cl)cc1. The summed E-state index contributed by atoms with van der Waals surface area (Å²) < 4.78 is 14.6. The van der Waals surface area contributed by atoms with E-state index in [0.29, 0.717) is 40.3 Å². The van der Waals surface area contributed by atoms with Crippen LogP contribution in [0.5, 0.6) is 11.5 Å². The van der Waals surface area contributed by atoms with Gasteiger partial charge in [-0.2, -0.15) is 5.10 Å². The number of halogens is 2. The van der Waals surface area contributed by atoms with Gasteiger partial charge in [-0.25, -0.2) is 9.77 Å². The normalized spacial score (nSPS) is 10.7. The van der Waals surface area contributed by atoms with Gasteiger partial charge in [0.2, 0.25) is 4.77 Å². The van der Waals surface area contributed by atoms with Gasteiger partial charge in [0.15, 0.2) is 17.3 Å². The van der Waals surface area contributed by atoms with Gasteiger partial charge in [-0.05, 0) is 63.5 Å². The van der Waals surface area contributed by atoms with Gasteiger partial charge >= 0.3 is 0 Å². The van der Waals surface area contributed by atoms with E-state index >= 15 is 0 Å². The number of benzene rings is 3. The zero-order valence-corrected chi connectivity index (χ0v) is 20.3. The molecule has 0 radical (unpaired) electrons. The molecule has 1 aromatic heterocycles. The second kappa shape index (κ2) is 10.2. The van der Waals surface area contributed by atoms with Gasteiger partial charge in [-0.1, -0.05) is 54.1 Å². The Bertz CT molecular complexity index is 1260. The highest BCUT2D eigenvalue weighted by Crippen LogP contribution is 2.37. The number of H-pyrrole nitrogens is 1. The molecule has 2 N–H and O–H groups in total. The number of aromatic amines is 1. The quantitative estimate of drug-likeness (QED) is 0.259. The molecular formula is C23H20BrClN4O2S. The van der Waals surface area contributed by atoms with Crippen molar-refractivity contribution in [3.8, 4) is 22.9 Å². The fourth-order valence-electron chi connectivity index (χ4n) is 3.15. The fraction of sp³-hybridized carbons (Fsp3) is 0.130. The Labute approximate surface area is 204 Å². The lowest BCUT2D eigenvalue weighted by Crippen LogP contribution is -2.16. The van der Waals surface area contributed by atoms with Crippen LogP contribution < -0.4 is 14.9 Å². The molecule has 164 valence electrons. The van der Waals surface area contributed by atoms with Crippen LogP contribution >= 0.6 is 39.7 Å². The predicted octanol–water partition coefficient (Wildman–Crippen LogP) is 6.35. The summed E-state index contributed by atoms with van der Waals surface area (Å²) in [6, 6.07) is 21.3. The first-order valence-electron chi connectivity index (χ1n) is 9.75. The van der Waals surface area contributed by atoms with Crippen molar-refractivity contribution in [2.24, 2.45) is 0 Å². The summed E-state index contributed by atoms with van der Waals surface area (Å²) in [6.45, 7) is 0.897. The summed E-state index contributed by atoms with van der Waals surface area (Å²) in [4.78, 5) is 0. The zero-order chi connectivity index (χ0) is 22.5. The maximum absolute atomic E-state index is 6.01. The second-order valence-corrected chi connectivity index (χ2v) is 8.59. The van der Waals surface area contributed by atoms with E-state index in [9.17, 15) is 0 Å². The minimum Gasteiger partial charge on any atom is -0.493 e. The van der Waals surface area contributed by atoms with E-state index in [4.69, 9.17) is 33.3 Å². The van der Waals surface area contributed by atoms with Gasteiger partial charge in [0, 0.05) is 10.6 Å². The van der Waals surface area contributed by atoms with Crippen LogP contribution in [0.2, 0.25) is 5.02 Å². The summed E-state index contributed by atoms with van der Waals surface area (Å²) in [5.74, 6) is 1.98. The molecular weight excluding hydrogens is 512 g/mol. The number of rotatable bonds is 8. The molecule has 0 atom stereocenters. The minimum absolute atomic E-state index is 0.397. The lowest BCUT2D eigenvalue weighted by molar-refractivity contribution is 0.282. The Morgan fingerprint density at radius 2 is 1.84 bits per heavy atom. The molecule has 9 heteroatoms. The van der Waals surface area contributed by atoms with Crippen LogP contribution in [0.4, 0.5) is 0 Å². The van der Waals surface area contributed by atoms with Crippen molar-refractivity contribution in [2.75, 3.05) is 12.5 Å². The van der Waals surface area contributed by atoms with E-state index < -0.39 is 0 Å². The van der Waals surface area contributed by atoms with Crippen LogP contribution in [0.25, 0.3) is 11.4 Å². The van der Waals surface area contributed by atoms with Crippen LogP contribution in [0.1, 0.15) is 11.1 Å². The topological polar surface area (TPSA) is 64.1 Å². The third-order valence-electron chi connectivity index (χ3n) is 4.73. The van der Waals surface area contributed by atoms with Crippen LogP contribution in [-0.4, -0.2) is 22.0 Å². The molecule has 0 aliphatic rings. The van der Waals surface area contributed by atoms with E-state index in [0.717, 1.165) is 21.2 Å². The molecule has 4 rings (SSSR count). The van der Waals surface area contributed by atoms with Gasteiger partial charge in [0.25, 0.3) is 0 Å². The maximum atomic E-state index is 6.01. The van der Waals surface area contributed by atoms with Gasteiger partial charge in [0.1, 0.15) is 6.61 Å². The molecule has 0 amide bonds. The van der Waals surface area contributed by atoms with Gasteiger partial charge < -0.3 is 14.9 Å². The number of nitrogens with one attached hydrogen (secondary N) is 2. The average molecular weight is 532 g/mol. The molecule has 0 saturated carbocycles. The summed E-state index contributed by atoms with van der Waals surface area (Å²) in [5.41, 5.74) is 6.27. The third-order valence-corrected chi connectivity index (χ3v) is 5.85. The van der Waals surface area contributed by atoms with E-state index in [1.807, 2.05) is 66.7 Å². The van der Waals surface area contributed by atoms with Crippen molar-refractivity contribution in [1.29, 1.82) is 0 Å². The average Bonchev–Trinajstić information content (AvgIpc) is 3.18. The van der Waals surface area contributed by atoms with Gasteiger partial charge in [-0.3, -0.25) is 0 Å². The molecule has 0 aliphatic heterocycles. The smallest absolute Gasteiger partial charge is 0.214 e. The van der Waals surface area contributed by atoms with Crippen molar-refractivity contribution in [3.63, 3.8) is 0 Å². The summed E-state index contributed by atoms with van der Waals surface area (Å²) >= 11 is 15.0. The van der Waals surface area contributed by atoms with Crippen molar-refractivity contribution in [1.82, 2.24) is 14.9 Å². The zero-order valence-electron chi connectivity index (χ0n) is 17.1. The first kappa shape index (κ1) is 22.4. The molecule has 0 bridgehead atoms. The monoisotopic (exact) mass is 530 g/mol. The Hall–Kier alpha value is -2.81. The van der Waals surface area contributed by atoms with Gasteiger partial charge in [-0.15, -0.1) is 0 Å². The van der Waals surface area contributed by atoms with Crippen molar-refractivity contribution >= 4 is 39.7 Å². The van der Waals surface area contributed by atoms with E-state index in [-0.39, 0.29) is 0 Å². The highest BCUT2D eigenvalue weighted by Gasteiger charge is 2.13. The number of hydrogen-bond donors (Lipinski definition) is 2. The van der Waals surface area contributed by atoms with Crippen LogP contribution in [0.3, 0.4) is 0 Å². The number of ether oxygens (including phenoxy) is 2. The number of hydrogen-bond acceptors (Lipinski definition) is 5.